The monoisotopic (exact) mass is 277 g/mol. The van der Waals surface area contributed by atoms with Gasteiger partial charge in [-0.25, -0.2) is 0 Å². The van der Waals surface area contributed by atoms with E-state index in [0.717, 1.165) is 31.8 Å². The molecule has 0 bridgehead atoms. The molecule has 1 aliphatic rings. The Balaban J connectivity index is 1.73. The van der Waals surface area contributed by atoms with Crippen LogP contribution in [0.25, 0.3) is 0 Å². The van der Waals surface area contributed by atoms with Crippen LogP contribution in [0.1, 0.15) is 26.7 Å². The topological polar surface area (TPSA) is 20.3 Å². The molecule has 0 N–H and O–H groups in total. The van der Waals surface area contributed by atoms with Gasteiger partial charge in [0.15, 0.2) is 0 Å². The zero-order chi connectivity index (χ0) is 13.7. The van der Waals surface area contributed by atoms with Gasteiger partial charge in [-0.15, -0.1) is 11.8 Å². The van der Waals surface area contributed by atoms with Gasteiger partial charge in [0.25, 0.3) is 0 Å². The lowest BCUT2D eigenvalue weighted by atomic mass is 9.98. The fraction of sp³-hybridized carbons (Fsp3) is 0.562. The van der Waals surface area contributed by atoms with E-state index in [0.29, 0.717) is 5.91 Å². The van der Waals surface area contributed by atoms with Gasteiger partial charge in [0, 0.05) is 29.7 Å². The van der Waals surface area contributed by atoms with Crippen LogP contribution in [0.4, 0.5) is 0 Å². The Hall–Kier alpha value is -0.960. The Morgan fingerprint density at radius 2 is 1.89 bits per heavy atom. The van der Waals surface area contributed by atoms with Crippen molar-refractivity contribution in [2.45, 2.75) is 31.6 Å². The zero-order valence-electron chi connectivity index (χ0n) is 11.8. The van der Waals surface area contributed by atoms with Crippen LogP contribution in [0.5, 0.6) is 0 Å². The Labute approximate surface area is 120 Å². The van der Waals surface area contributed by atoms with Crippen LogP contribution in [0.2, 0.25) is 0 Å². The molecule has 1 aromatic carbocycles. The smallest absolute Gasteiger partial charge is 0.225 e. The van der Waals surface area contributed by atoms with Crippen LogP contribution in [-0.4, -0.2) is 29.6 Å². The van der Waals surface area contributed by atoms with E-state index in [4.69, 9.17) is 0 Å². The van der Waals surface area contributed by atoms with Gasteiger partial charge in [0.05, 0.1) is 0 Å². The van der Waals surface area contributed by atoms with Crippen molar-refractivity contribution in [1.82, 2.24) is 4.90 Å². The van der Waals surface area contributed by atoms with Gasteiger partial charge in [-0.2, -0.15) is 0 Å². The van der Waals surface area contributed by atoms with Gasteiger partial charge >= 0.3 is 0 Å². The summed E-state index contributed by atoms with van der Waals surface area (Å²) < 4.78 is 0. The summed E-state index contributed by atoms with van der Waals surface area (Å²) >= 11 is 1.94. The maximum atomic E-state index is 11.9. The minimum Gasteiger partial charge on any atom is -0.342 e. The molecule has 0 radical (unpaired) electrons. The molecule has 0 aliphatic carbocycles. The second-order valence-electron chi connectivity index (χ2n) is 5.55. The van der Waals surface area contributed by atoms with E-state index >= 15 is 0 Å². The predicted molar refractivity (Wildman–Crippen MR) is 81.3 cm³/mol. The third kappa shape index (κ3) is 4.27. The fourth-order valence-electron chi connectivity index (χ4n) is 2.42. The Bertz CT molecular complexity index is 396. The first kappa shape index (κ1) is 14.4. The minimum atomic E-state index is 0.134. The molecule has 1 amide bonds. The van der Waals surface area contributed by atoms with Crippen molar-refractivity contribution >= 4 is 17.7 Å². The Morgan fingerprint density at radius 3 is 2.47 bits per heavy atom. The molecule has 1 saturated heterocycles. The van der Waals surface area contributed by atoms with E-state index in [-0.39, 0.29) is 5.92 Å². The maximum absolute atomic E-state index is 11.9. The van der Waals surface area contributed by atoms with E-state index in [1.54, 1.807) is 0 Å². The van der Waals surface area contributed by atoms with E-state index in [2.05, 4.69) is 30.3 Å². The third-order valence-corrected chi connectivity index (χ3v) is 4.89. The van der Waals surface area contributed by atoms with Gasteiger partial charge in [0.2, 0.25) is 5.91 Å². The number of rotatable bonds is 4. The van der Waals surface area contributed by atoms with Crippen LogP contribution in [0.3, 0.4) is 0 Å². The summed E-state index contributed by atoms with van der Waals surface area (Å²) in [7, 11) is 0. The second kappa shape index (κ2) is 6.99. The zero-order valence-corrected chi connectivity index (χ0v) is 12.7. The highest BCUT2D eigenvalue weighted by molar-refractivity contribution is 7.99. The Morgan fingerprint density at radius 1 is 1.26 bits per heavy atom. The number of carbonyl (C=O) groups is 1. The molecule has 2 nitrogen and oxygen atoms in total. The van der Waals surface area contributed by atoms with Gasteiger partial charge in [-0.1, -0.05) is 32.0 Å². The van der Waals surface area contributed by atoms with Gasteiger partial charge < -0.3 is 4.90 Å². The summed E-state index contributed by atoms with van der Waals surface area (Å²) in [5, 5.41) is 0. The number of nitrogens with zero attached hydrogens (tertiary/aromatic N) is 1. The molecule has 1 aromatic rings. The molecule has 2 rings (SSSR count). The SMILES string of the molecule is CC(C)C(=O)N1CCC(CSc2ccccc2)CC1. The lowest BCUT2D eigenvalue weighted by molar-refractivity contribution is -0.135. The first-order valence-corrected chi connectivity index (χ1v) is 8.12. The molecule has 0 unspecified atom stereocenters. The first-order chi connectivity index (χ1) is 9.16. The molecule has 0 atom stereocenters. The number of amides is 1. The van der Waals surface area contributed by atoms with Crippen molar-refractivity contribution < 1.29 is 4.79 Å². The highest BCUT2D eigenvalue weighted by Gasteiger charge is 2.24. The van der Waals surface area contributed by atoms with E-state index in [9.17, 15) is 4.79 Å². The average molecular weight is 277 g/mol. The first-order valence-electron chi connectivity index (χ1n) is 7.13. The standard InChI is InChI=1S/C16H23NOS/c1-13(2)16(18)17-10-8-14(9-11-17)12-19-15-6-4-3-5-7-15/h3-7,13-14H,8-12H2,1-2H3. The van der Waals surface area contributed by atoms with E-state index < -0.39 is 0 Å². The molecule has 0 saturated carbocycles. The molecular weight excluding hydrogens is 254 g/mol. The molecule has 104 valence electrons. The Kier molecular flexibility index (Phi) is 5.32. The molecule has 1 fully saturated rings. The van der Waals surface area contributed by atoms with Gasteiger partial charge in [-0.05, 0) is 30.9 Å². The summed E-state index contributed by atoms with van der Waals surface area (Å²) in [6.45, 7) is 5.85. The summed E-state index contributed by atoms with van der Waals surface area (Å²) in [6, 6.07) is 10.6. The number of hydrogen-bond donors (Lipinski definition) is 0. The average Bonchev–Trinajstić information content (AvgIpc) is 2.46. The van der Waals surface area contributed by atoms with Crippen molar-refractivity contribution in [1.29, 1.82) is 0 Å². The van der Waals surface area contributed by atoms with Crippen molar-refractivity contribution in [3.05, 3.63) is 30.3 Å². The number of hydrogen-bond acceptors (Lipinski definition) is 2. The van der Waals surface area contributed by atoms with Crippen molar-refractivity contribution in [2.24, 2.45) is 11.8 Å². The summed E-state index contributed by atoms with van der Waals surface area (Å²) in [5.74, 6) is 2.37. The number of piperidine rings is 1. The molecule has 0 spiro atoms. The maximum Gasteiger partial charge on any atom is 0.225 e. The number of carbonyl (C=O) groups excluding carboxylic acids is 1. The minimum absolute atomic E-state index is 0.134. The molecule has 0 aromatic heterocycles. The van der Waals surface area contributed by atoms with Crippen LogP contribution in [-0.2, 0) is 4.79 Å². The van der Waals surface area contributed by atoms with E-state index in [1.165, 1.54) is 10.6 Å². The highest BCUT2D eigenvalue weighted by atomic mass is 32.2. The summed E-state index contributed by atoms with van der Waals surface area (Å²) in [6.07, 6.45) is 2.30. The summed E-state index contributed by atoms with van der Waals surface area (Å²) in [5.41, 5.74) is 0. The molecule has 3 heteroatoms. The molecule has 1 heterocycles. The van der Waals surface area contributed by atoms with E-state index in [1.807, 2.05) is 30.5 Å². The fourth-order valence-corrected chi connectivity index (χ4v) is 3.53. The quantitative estimate of drug-likeness (QED) is 0.783. The van der Waals surface area contributed by atoms with Crippen LogP contribution in [0.15, 0.2) is 35.2 Å². The second-order valence-corrected chi connectivity index (χ2v) is 6.64. The highest BCUT2D eigenvalue weighted by Crippen LogP contribution is 2.26. The predicted octanol–water partition coefficient (Wildman–Crippen LogP) is 3.67. The van der Waals surface area contributed by atoms with Gasteiger partial charge in [-0.3, -0.25) is 4.79 Å². The normalized spacial score (nSPS) is 16.9. The molecule has 1 aliphatic heterocycles. The van der Waals surface area contributed by atoms with Gasteiger partial charge in [0.1, 0.15) is 0 Å². The van der Waals surface area contributed by atoms with Crippen molar-refractivity contribution in [2.75, 3.05) is 18.8 Å². The summed E-state index contributed by atoms with van der Waals surface area (Å²) in [4.78, 5) is 15.3. The molecule has 19 heavy (non-hydrogen) atoms. The van der Waals surface area contributed by atoms with Crippen molar-refractivity contribution in [3.63, 3.8) is 0 Å². The lowest BCUT2D eigenvalue weighted by Crippen LogP contribution is -2.41. The number of thioether (sulfide) groups is 1. The lowest BCUT2D eigenvalue weighted by Gasteiger charge is -2.33. The number of likely N-dealkylation sites (tertiary alicyclic amines) is 1. The number of benzene rings is 1. The van der Waals surface area contributed by atoms with Crippen LogP contribution >= 0.6 is 11.8 Å². The van der Waals surface area contributed by atoms with Crippen molar-refractivity contribution in [3.8, 4) is 0 Å². The third-order valence-electron chi connectivity index (χ3n) is 3.65. The van der Waals surface area contributed by atoms with Crippen LogP contribution < -0.4 is 0 Å². The largest absolute Gasteiger partial charge is 0.342 e. The molecular formula is C16H23NOS. The van der Waals surface area contributed by atoms with Crippen LogP contribution in [0, 0.1) is 11.8 Å².